The van der Waals surface area contributed by atoms with Crippen LogP contribution in [-0.4, -0.2) is 36.2 Å². The molecule has 1 fully saturated rings. The number of hydrogen-bond acceptors (Lipinski definition) is 3. The lowest BCUT2D eigenvalue weighted by molar-refractivity contribution is -0.0476. The van der Waals surface area contributed by atoms with Crippen molar-refractivity contribution in [3.05, 3.63) is 65.2 Å². The molecule has 0 bridgehead atoms. The molecule has 1 aliphatic carbocycles. The maximum atomic E-state index is 6.55. The number of ether oxygens (including phenoxy) is 2. The molecule has 3 aliphatic rings. The highest BCUT2D eigenvalue weighted by molar-refractivity contribution is 5.36. The molecule has 0 radical (unpaired) electrons. The van der Waals surface area contributed by atoms with Gasteiger partial charge >= 0.3 is 0 Å². The minimum absolute atomic E-state index is 0.0372. The lowest BCUT2D eigenvalue weighted by atomic mass is 9.80. The largest absolute Gasteiger partial charge is 0.487 e. The maximum Gasteiger partial charge on any atom is 0.123 e. The Labute approximate surface area is 168 Å². The van der Waals surface area contributed by atoms with Crippen molar-refractivity contribution in [2.24, 2.45) is 0 Å². The molecule has 2 heterocycles. The Bertz CT molecular complexity index is 835. The molecule has 2 aromatic rings. The van der Waals surface area contributed by atoms with E-state index in [0.717, 1.165) is 64.0 Å². The van der Waals surface area contributed by atoms with Crippen LogP contribution >= 0.6 is 0 Å². The van der Waals surface area contributed by atoms with Gasteiger partial charge in [0.25, 0.3) is 0 Å². The molecule has 148 valence electrons. The minimum Gasteiger partial charge on any atom is -0.487 e. The Morgan fingerprint density at radius 2 is 1.86 bits per heavy atom. The minimum atomic E-state index is 0.0372. The van der Waals surface area contributed by atoms with E-state index in [0.29, 0.717) is 12.1 Å². The molecule has 3 atom stereocenters. The van der Waals surface area contributed by atoms with Crippen molar-refractivity contribution in [2.45, 2.75) is 63.2 Å². The first-order chi connectivity index (χ1) is 13.7. The van der Waals surface area contributed by atoms with E-state index < -0.39 is 0 Å². The first-order valence-electron chi connectivity index (χ1n) is 10.9. The van der Waals surface area contributed by atoms with Gasteiger partial charge in [-0.15, -0.1) is 0 Å². The van der Waals surface area contributed by atoms with Crippen LogP contribution in [-0.2, 0) is 17.6 Å². The molecule has 28 heavy (non-hydrogen) atoms. The predicted octanol–water partition coefficient (Wildman–Crippen LogP) is 4.94. The number of nitrogens with zero attached hydrogens (tertiary/aromatic N) is 1. The molecule has 0 unspecified atom stereocenters. The fourth-order valence-electron chi connectivity index (χ4n) is 5.45. The van der Waals surface area contributed by atoms with E-state index >= 15 is 0 Å². The normalized spacial score (nSPS) is 29.3. The smallest absolute Gasteiger partial charge is 0.123 e. The fourth-order valence-corrected chi connectivity index (χ4v) is 5.45. The number of benzene rings is 2. The van der Waals surface area contributed by atoms with Gasteiger partial charge in [0.15, 0.2) is 0 Å². The second kappa shape index (κ2) is 7.53. The third kappa shape index (κ3) is 3.46. The zero-order valence-electron chi connectivity index (χ0n) is 16.9. The van der Waals surface area contributed by atoms with Crippen LogP contribution in [0, 0.1) is 0 Å². The van der Waals surface area contributed by atoms with Gasteiger partial charge in [-0.05, 0) is 61.8 Å². The summed E-state index contributed by atoms with van der Waals surface area (Å²) in [6.45, 7) is 5.30. The first kappa shape index (κ1) is 18.2. The third-order valence-electron chi connectivity index (χ3n) is 7.07. The highest BCUT2D eigenvalue weighted by Gasteiger charge is 2.42. The SMILES string of the molecule is C[C@@H]1C[C@@]2(CCc3ccccc3O2)CCN1CCO[C@H]1CCc2ccccc21. The van der Waals surface area contributed by atoms with Crippen LogP contribution in [0.2, 0.25) is 0 Å². The van der Waals surface area contributed by atoms with Crippen molar-refractivity contribution in [1.82, 2.24) is 4.90 Å². The number of hydrogen-bond donors (Lipinski definition) is 0. The molecular weight excluding hydrogens is 346 g/mol. The van der Waals surface area contributed by atoms with Gasteiger partial charge in [-0.25, -0.2) is 0 Å². The molecule has 0 saturated carbocycles. The summed E-state index contributed by atoms with van der Waals surface area (Å²) in [6.07, 6.45) is 7.12. The zero-order valence-corrected chi connectivity index (χ0v) is 16.9. The third-order valence-corrected chi connectivity index (χ3v) is 7.07. The topological polar surface area (TPSA) is 21.7 Å². The van der Waals surface area contributed by atoms with E-state index in [1.54, 1.807) is 0 Å². The van der Waals surface area contributed by atoms with Crippen LogP contribution in [0.4, 0.5) is 0 Å². The Balaban J connectivity index is 1.14. The molecule has 0 aromatic heterocycles. The van der Waals surface area contributed by atoms with Crippen LogP contribution in [0.25, 0.3) is 0 Å². The summed E-state index contributed by atoms with van der Waals surface area (Å²) in [5.41, 5.74) is 4.28. The highest BCUT2D eigenvalue weighted by atomic mass is 16.5. The lowest BCUT2D eigenvalue weighted by Gasteiger charge is -2.47. The number of likely N-dealkylation sites (tertiary alicyclic amines) is 1. The van der Waals surface area contributed by atoms with E-state index in [4.69, 9.17) is 9.47 Å². The van der Waals surface area contributed by atoms with Gasteiger partial charge < -0.3 is 9.47 Å². The molecule has 3 nitrogen and oxygen atoms in total. The van der Waals surface area contributed by atoms with Crippen molar-refractivity contribution in [2.75, 3.05) is 19.7 Å². The summed E-state index contributed by atoms with van der Waals surface area (Å²) in [4.78, 5) is 2.59. The van der Waals surface area contributed by atoms with E-state index in [2.05, 4.69) is 60.4 Å². The van der Waals surface area contributed by atoms with Crippen LogP contribution < -0.4 is 4.74 Å². The molecule has 1 spiro atoms. The van der Waals surface area contributed by atoms with Gasteiger partial charge in [-0.3, -0.25) is 4.90 Å². The van der Waals surface area contributed by atoms with Gasteiger partial charge in [-0.2, -0.15) is 0 Å². The molecule has 1 saturated heterocycles. The van der Waals surface area contributed by atoms with Crippen LogP contribution in [0.1, 0.15) is 55.4 Å². The summed E-state index contributed by atoms with van der Waals surface area (Å²) in [5.74, 6) is 1.11. The molecule has 0 N–H and O–H groups in total. The summed E-state index contributed by atoms with van der Waals surface area (Å²) in [6, 6.07) is 17.8. The lowest BCUT2D eigenvalue weighted by Crippen LogP contribution is -2.54. The molecule has 0 amide bonds. The quantitative estimate of drug-likeness (QED) is 0.753. The molecule has 3 heteroatoms. The number of aryl methyl sites for hydroxylation is 2. The van der Waals surface area contributed by atoms with Gasteiger partial charge in [0, 0.05) is 25.6 Å². The number of rotatable bonds is 4. The summed E-state index contributed by atoms with van der Waals surface area (Å²) in [7, 11) is 0. The number of piperidine rings is 1. The van der Waals surface area contributed by atoms with Gasteiger partial charge in [0.05, 0.1) is 12.7 Å². The van der Waals surface area contributed by atoms with Crippen molar-refractivity contribution in [3.8, 4) is 5.75 Å². The van der Waals surface area contributed by atoms with E-state index in [9.17, 15) is 0 Å². The molecule has 2 aliphatic heterocycles. The summed E-state index contributed by atoms with van der Waals surface area (Å²) >= 11 is 0. The van der Waals surface area contributed by atoms with Gasteiger partial charge in [-0.1, -0.05) is 42.5 Å². The average Bonchev–Trinajstić information content (AvgIpc) is 3.13. The van der Waals surface area contributed by atoms with Crippen molar-refractivity contribution in [1.29, 1.82) is 0 Å². The fraction of sp³-hybridized carbons (Fsp3) is 0.520. The summed E-state index contributed by atoms with van der Waals surface area (Å²) < 4.78 is 12.8. The Morgan fingerprint density at radius 1 is 1.04 bits per heavy atom. The van der Waals surface area contributed by atoms with Crippen molar-refractivity contribution >= 4 is 0 Å². The monoisotopic (exact) mass is 377 g/mol. The van der Waals surface area contributed by atoms with Crippen LogP contribution in [0.15, 0.2) is 48.5 Å². The Hall–Kier alpha value is -1.84. The van der Waals surface area contributed by atoms with Crippen molar-refractivity contribution < 1.29 is 9.47 Å². The molecule has 5 rings (SSSR count). The maximum absolute atomic E-state index is 6.55. The van der Waals surface area contributed by atoms with Crippen LogP contribution in [0.5, 0.6) is 5.75 Å². The zero-order chi connectivity index (χ0) is 19.0. The van der Waals surface area contributed by atoms with Crippen LogP contribution in [0.3, 0.4) is 0 Å². The second-order valence-corrected chi connectivity index (χ2v) is 8.83. The molecule has 2 aromatic carbocycles. The Kier molecular flexibility index (Phi) is 4.90. The standard InChI is InChI=1S/C25H31NO2/c1-19-18-25(13-12-21-7-3-5-9-23(21)28-25)14-15-26(19)16-17-27-24-11-10-20-6-2-4-8-22(20)24/h2-9,19,24H,10-18H2,1H3/t19-,24+,25-/m1/s1. The van der Waals surface area contributed by atoms with E-state index in [1.807, 2.05) is 0 Å². The average molecular weight is 378 g/mol. The van der Waals surface area contributed by atoms with Crippen molar-refractivity contribution in [3.63, 3.8) is 0 Å². The Morgan fingerprint density at radius 3 is 2.75 bits per heavy atom. The highest BCUT2D eigenvalue weighted by Crippen LogP contribution is 2.41. The van der Waals surface area contributed by atoms with Gasteiger partial charge in [0.2, 0.25) is 0 Å². The predicted molar refractivity (Wildman–Crippen MR) is 112 cm³/mol. The van der Waals surface area contributed by atoms with E-state index in [1.165, 1.54) is 16.7 Å². The first-order valence-corrected chi connectivity index (χ1v) is 10.9. The molecular formula is C25H31NO2. The second-order valence-electron chi connectivity index (χ2n) is 8.83. The number of fused-ring (bicyclic) bond motifs is 2. The summed E-state index contributed by atoms with van der Waals surface area (Å²) in [5, 5.41) is 0. The number of para-hydroxylation sites is 1. The van der Waals surface area contributed by atoms with E-state index in [-0.39, 0.29) is 5.60 Å². The van der Waals surface area contributed by atoms with Gasteiger partial charge in [0.1, 0.15) is 11.4 Å².